The summed E-state index contributed by atoms with van der Waals surface area (Å²) in [5.41, 5.74) is 1.61. The van der Waals surface area contributed by atoms with Crippen molar-refractivity contribution in [1.29, 1.82) is 0 Å². The van der Waals surface area contributed by atoms with Crippen LogP contribution in [-0.4, -0.2) is 46.2 Å². The van der Waals surface area contributed by atoms with Gasteiger partial charge in [-0.15, -0.1) is 0 Å². The molecule has 1 saturated heterocycles. The van der Waals surface area contributed by atoms with Gasteiger partial charge in [0.15, 0.2) is 0 Å². The molecule has 0 spiro atoms. The van der Waals surface area contributed by atoms with Gasteiger partial charge in [0.05, 0.1) is 12.0 Å². The Balaban J connectivity index is 1.56. The van der Waals surface area contributed by atoms with Gasteiger partial charge in [-0.25, -0.2) is 4.39 Å². The van der Waals surface area contributed by atoms with Gasteiger partial charge in [-0.2, -0.15) is 0 Å². The lowest BCUT2D eigenvalue weighted by atomic mass is 9.86. The van der Waals surface area contributed by atoms with Crippen LogP contribution >= 0.6 is 0 Å². The number of fused-ring (bicyclic) bond motifs is 4. The number of hydrogen-bond donors (Lipinski definition) is 2. The molecule has 2 fully saturated rings. The molecule has 6 nitrogen and oxygen atoms in total. The number of pyridine rings is 1. The lowest BCUT2D eigenvalue weighted by Crippen LogP contribution is -2.46. The van der Waals surface area contributed by atoms with Crippen molar-refractivity contribution in [3.8, 4) is 11.1 Å². The third-order valence-electron chi connectivity index (χ3n) is 7.24. The SMILES string of the molecule is CCN1[C@@H]2c3ccc(-c4cccc(F)c4)c(=O)n3C[C@H]1[C@H](CO)[C@H]2C(=O)NCC1CC1. The van der Waals surface area contributed by atoms with E-state index in [4.69, 9.17) is 0 Å². The summed E-state index contributed by atoms with van der Waals surface area (Å²) in [7, 11) is 0. The minimum absolute atomic E-state index is 0.0352. The molecular weight excluding hydrogens is 397 g/mol. The van der Waals surface area contributed by atoms with Crippen molar-refractivity contribution in [2.24, 2.45) is 17.8 Å². The molecule has 3 aliphatic rings. The summed E-state index contributed by atoms with van der Waals surface area (Å²) in [4.78, 5) is 28.8. The van der Waals surface area contributed by atoms with Crippen LogP contribution in [0.25, 0.3) is 11.1 Å². The quantitative estimate of drug-likeness (QED) is 0.744. The molecule has 1 aromatic carbocycles. The smallest absolute Gasteiger partial charge is 0.258 e. The Labute approximate surface area is 180 Å². The Kier molecular flexibility index (Phi) is 5.18. The highest BCUT2D eigenvalue weighted by molar-refractivity contribution is 5.81. The van der Waals surface area contributed by atoms with Gasteiger partial charge in [-0.3, -0.25) is 14.5 Å². The zero-order valence-corrected chi connectivity index (χ0v) is 17.6. The molecule has 0 unspecified atom stereocenters. The molecule has 31 heavy (non-hydrogen) atoms. The van der Waals surface area contributed by atoms with Crippen LogP contribution in [-0.2, 0) is 11.3 Å². The first-order valence-corrected chi connectivity index (χ1v) is 11.2. The highest BCUT2D eigenvalue weighted by Gasteiger charge is 2.55. The fraction of sp³-hybridized carbons (Fsp3) is 0.500. The number of hydrogen-bond acceptors (Lipinski definition) is 4. The van der Waals surface area contributed by atoms with E-state index in [1.165, 1.54) is 12.1 Å². The van der Waals surface area contributed by atoms with E-state index < -0.39 is 5.92 Å². The minimum atomic E-state index is -0.401. The van der Waals surface area contributed by atoms with Crippen LogP contribution < -0.4 is 10.9 Å². The molecule has 0 radical (unpaired) electrons. The minimum Gasteiger partial charge on any atom is -0.396 e. The maximum atomic E-state index is 13.7. The van der Waals surface area contributed by atoms with Crippen molar-refractivity contribution >= 4 is 5.91 Å². The molecule has 164 valence electrons. The molecule has 2 N–H and O–H groups in total. The second kappa shape index (κ2) is 7.88. The van der Waals surface area contributed by atoms with Gasteiger partial charge in [0.2, 0.25) is 5.91 Å². The summed E-state index contributed by atoms with van der Waals surface area (Å²) in [6.07, 6.45) is 2.31. The van der Waals surface area contributed by atoms with Gasteiger partial charge in [-0.05, 0) is 55.1 Å². The number of aromatic nitrogens is 1. The molecular formula is C24H28FN3O3. The van der Waals surface area contributed by atoms with Gasteiger partial charge in [0.1, 0.15) is 5.82 Å². The number of nitrogens with zero attached hydrogens (tertiary/aromatic N) is 2. The molecule has 2 aromatic rings. The van der Waals surface area contributed by atoms with Crippen molar-refractivity contribution < 1.29 is 14.3 Å². The van der Waals surface area contributed by atoms with E-state index in [-0.39, 0.29) is 41.9 Å². The van der Waals surface area contributed by atoms with Gasteiger partial charge < -0.3 is 15.0 Å². The predicted molar refractivity (Wildman–Crippen MR) is 115 cm³/mol. The maximum Gasteiger partial charge on any atom is 0.258 e. The third-order valence-corrected chi connectivity index (χ3v) is 7.24. The summed E-state index contributed by atoms with van der Waals surface area (Å²) in [6.45, 7) is 3.78. The van der Waals surface area contributed by atoms with Crippen molar-refractivity contribution in [3.63, 3.8) is 0 Å². The average molecular weight is 426 g/mol. The van der Waals surface area contributed by atoms with Crippen LogP contribution in [0.1, 0.15) is 31.5 Å². The van der Waals surface area contributed by atoms with Crippen LogP contribution in [0.3, 0.4) is 0 Å². The van der Waals surface area contributed by atoms with Crippen LogP contribution in [0, 0.1) is 23.6 Å². The molecule has 1 aliphatic carbocycles. The largest absolute Gasteiger partial charge is 0.396 e. The van der Waals surface area contributed by atoms with Crippen LogP contribution in [0.4, 0.5) is 4.39 Å². The number of aliphatic hydroxyl groups is 1. The van der Waals surface area contributed by atoms with Gasteiger partial charge in [-0.1, -0.05) is 19.1 Å². The van der Waals surface area contributed by atoms with Gasteiger partial charge in [0, 0.05) is 42.9 Å². The summed E-state index contributed by atoms with van der Waals surface area (Å²) in [6, 6.07) is 9.33. The Hall–Kier alpha value is -2.51. The second-order valence-electron chi connectivity index (χ2n) is 9.00. The fourth-order valence-electron chi connectivity index (χ4n) is 5.52. The molecule has 2 bridgehead atoms. The highest BCUT2D eigenvalue weighted by atomic mass is 19.1. The number of benzene rings is 1. The molecule has 1 amide bonds. The Morgan fingerprint density at radius 3 is 2.74 bits per heavy atom. The number of aliphatic hydroxyl groups excluding tert-OH is 1. The normalized spacial score (nSPS) is 27.2. The number of nitrogens with one attached hydrogen (secondary N) is 1. The number of carbonyl (C=O) groups excluding carboxylic acids is 1. The number of amides is 1. The highest BCUT2D eigenvalue weighted by Crippen LogP contribution is 2.48. The first-order chi connectivity index (χ1) is 15.0. The maximum absolute atomic E-state index is 13.7. The molecule has 1 aromatic heterocycles. The first kappa shape index (κ1) is 20.4. The van der Waals surface area contributed by atoms with E-state index in [1.807, 2.05) is 13.0 Å². The first-order valence-electron chi connectivity index (χ1n) is 11.2. The molecule has 1 saturated carbocycles. The molecule has 4 atom stereocenters. The van der Waals surface area contributed by atoms with Crippen LogP contribution in [0.2, 0.25) is 0 Å². The lowest BCUT2D eigenvalue weighted by Gasteiger charge is -2.37. The average Bonchev–Trinajstić information content (AvgIpc) is 3.56. The summed E-state index contributed by atoms with van der Waals surface area (Å²) in [5, 5.41) is 13.3. The Morgan fingerprint density at radius 1 is 1.26 bits per heavy atom. The molecule has 5 rings (SSSR count). The zero-order valence-electron chi connectivity index (χ0n) is 17.6. The van der Waals surface area contributed by atoms with E-state index in [0.29, 0.717) is 30.1 Å². The fourth-order valence-corrected chi connectivity index (χ4v) is 5.52. The van der Waals surface area contributed by atoms with Gasteiger partial charge in [0.25, 0.3) is 5.56 Å². The number of carbonyl (C=O) groups is 1. The van der Waals surface area contributed by atoms with E-state index in [2.05, 4.69) is 10.2 Å². The number of halogens is 1. The second-order valence-corrected chi connectivity index (χ2v) is 9.00. The van der Waals surface area contributed by atoms with Crippen molar-refractivity contribution in [2.45, 2.75) is 38.4 Å². The van der Waals surface area contributed by atoms with Crippen LogP contribution in [0.5, 0.6) is 0 Å². The third kappa shape index (κ3) is 3.40. The lowest BCUT2D eigenvalue weighted by molar-refractivity contribution is -0.127. The summed E-state index contributed by atoms with van der Waals surface area (Å²) >= 11 is 0. The van der Waals surface area contributed by atoms with Crippen LogP contribution in [0.15, 0.2) is 41.2 Å². The van der Waals surface area contributed by atoms with Gasteiger partial charge >= 0.3 is 0 Å². The van der Waals surface area contributed by atoms with Crippen molar-refractivity contribution in [2.75, 3.05) is 19.7 Å². The monoisotopic (exact) mass is 425 g/mol. The predicted octanol–water partition coefficient (Wildman–Crippen LogP) is 2.16. The summed E-state index contributed by atoms with van der Waals surface area (Å²) < 4.78 is 15.5. The zero-order chi connectivity index (χ0) is 21.7. The standard InChI is InChI=1S/C24H28FN3O3/c1-2-27-20-12-28-19(9-8-17(24(28)31)15-4-3-5-16(25)10-15)22(27)21(18(20)13-29)23(30)26-11-14-6-7-14/h3-5,8-10,14,18,20-22,29H,2,6-7,11-13H2,1H3,(H,26,30)/t18-,20-,21+,22+/m0/s1. The van der Waals surface area contributed by atoms with E-state index in [9.17, 15) is 19.1 Å². The topological polar surface area (TPSA) is 74.6 Å². The molecule has 2 aliphatic heterocycles. The van der Waals surface area contributed by atoms with E-state index in [0.717, 1.165) is 25.1 Å². The molecule has 3 heterocycles. The van der Waals surface area contributed by atoms with Crippen molar-refractivity contribution in [3.05, 3.63) is 58.3 Å². The number of rotatable bonds is 6. The van der Waals surface area contributed by atoms with E-state index in [1.54, 1.807) is 22.8 Å². The summed E-state index contributed by atoms with van der Waals surface area (Å²) in [5.74, 6) is -0.483. The molecule has 7 heteroatoms. The van der Waals surface area contributed by atoms with E-state index >= 15 is 0 Å². The Morgan fingerprint density at radius 2 is 2.06 bits per heavy atom. The van der Waals surface area contributed by atoms with Crippen molar-refractivity contribution in [1.82, 2.24) is 14.8 Å². The Bertz CT molecular complexity index is 1060. The number of likely N-dealkylation sites (N-methyl/N-ethyl adjacent to an activating group) is 1.